The number of hydrogen-bond acceptors (Lipinski definition) is 4. The summed E-state index contributed by atoms with van der Waals surface area (Å²) in [6, 6.07) is 7.67. The summed E-state index contributed by atoms with van der Waals surface area (Å²) >= 11 is 0. The van der Waals surface area contributed by atoms with Crippen molar-refractivity contribution in [3.05, 3.63) is 35.4 Å². The average molecular weight is 557 g/mol. The van der Waals surface area contributed by atoms with Crippen LogP contribution in [0.5, 0.6) is 0 Å². The third-order valence-electron chi connectivity index (χ3n) is 5.88. The number of halogens is 1. The van der Waals surface area contributed by atoms with Gasteiger partial charge in [0.05, 0.1) is 13.2 Å². The van der Waals surface area contributed by atoms with Gasteiger partial charge in [-0.15, -0.1) is 24.0 Å². The number of nitrogens with zero attached hydrogens (tertiary/aromatic N) is 3. The molecule has 8 nitrogen and oxygen atoms in total. The van der Waals surface area contributed by atoms with Crippen LogP contribution in [-0.4, -0.2) is 87.1 Å². The first kappa shape index (κ1) is 26.4. The number of nitrogens with one attached hydrogen (secondary N) is 2. The molecular formula is C23H36IN5O3. The standard InChI is InChI=1S/C23H35N5O3.HI/c1-3-25-23(26-10-7-18-5-4-6-20(17-18)21(29)24-2)28-11-8-19(9-12-28)22(30)27-13-15-31-16-14-27;/h4-6,17,19H,3,7-16H2,1-2H3,(H,24,29)(H,25,26);1H. The predicted molar refractivity (Wildman–Crippen MR) is 137 cm³/mol. The maximum atomic E-state index is 12.8. The fraction of sp³-hybridized carbons (Fsp3) is 0.609. The van der Waals surface area contributed by atoms with Gasteiger partial charge in [0, 0.05) is 57.8 Å². The van der Waals surface area contributed by atoms with Crippen LogP contribution in [-0.2, 0) is 16.0 Å². The van der Waals surface area contributed by atoms with E-state index in [1.165, 1.54) is 0 Å². The molecule has 32 heavy (non-hydrogen) atoms. The Bertz CT molecular complexity index is 775. The minimum atomic E-state index is -0.0758. The van der Waals surface area contributed by atoms with E-state index in [0.29, 0.717) is 38.4 Å². The summed E-state index contributed by atoms with van der Waals surface area (Å²) in [5.41, 5.74) is 1.76. The summed E-state index contributed by atoms with van der Waals surface area (Å²) < 4.78 is 5.36. The maximum absolute atomic E-state index is 12.8. The molecule has 0 aromatic heterocycles. The van der Waals surface area contributed by atoms with Crippen LogP contribution in [0.15, 0.2) is 29.3 Å². The minimum absolute atomic E-state index is 0. The van der Waals surface area contributed by atoms with Crippen molar-refractivity contribution in [2.75, 3.05) is 59.5 Å². The fourth-order valence-corrected chi connectivity index (χ4v) is 4.11. The quantitative estimate of drug-likeness (QED) is 0.316. The molecule has 0 saturated carbocycles. The molecule has 0 bridgehead atoms. The second-order valence-electron chi connectivity index (χ2n) is 7.96. The summed E-state index contributed by atoms with van der Waals surface area (Å²) in [5, 5.41) is 6.04. The van der Waals surface area contributed by atoms with Gasteiger partial charge < -0.3 is 25.2 Å². The Morgan fingerprint density at radius 3 is 2.50 bits per heavy atom. The lowest BCUT2D eigenvalue weighted by molar-refractivity contribution is -0.140. The molecule has 2 amide bonds. The molecule has 2 heterocycles. The molecule has 9 heteroatoms. The van der Waals surface area contributed by atoms with Gasteiger partial charge in [-0.2, -0.15) is 0 Å². The average Bonchev–Trinajstić information content (AvgIpc) is 2.83. The van der Waals surface area contributed by atoms with Crippen molar-refractivity contribution in [2.24, 2.45) is 10.9 Å². The summed E-state index contributed by atoms with van der Waals surface area (Å²) in [6.07, 6.45) is 2.48. The van der Waals surface area contributed by atoms with Gasteiger partial charge in [-0.25, -0.2) is 0 Å². The molecule has 0 aliphatic carbocycles. The van der Waals surface area contributed by atoms with Gasteiger partial charge in [0.25, 0.3) is 5.91 Å². The monoisotopic (exact) mass is 557 g/mol. The Kier molecular flexibility index (Phi) is 11.2. The van der Waals surface area contributed by atoms with E-state index in [4.69, 9.17) is 9.73 Å². The molecule has 1 aromatic rings. The summed E-state index contributed by atoms with van der Waals surface area (Å²) in [4.78, 5) is 33.6. The van der Waals surface area contributed by atoms with Crippen molar-refractivity contribution in [1.29, 1.82) is 0 Å². The Balaban J connectivity index is 0.00000363. The highest BCUT2D eigenvalue weighted by molar-refractivity contribution is 14.0. The van der Waals surface area contributed by atoms with E-state index < -0.39 is 0 Å². The number of aliphatic imine (C=N–C) groups is 1. The Morgan fingerprint density at radius 1 is 1.12 bits per heavy atom. The van der Waals surface area contributed by atoms with E-state index in [1.54, 1.807) is 7.05 Å². The van der Waals surface area contributed by atoms with Gasteiger partial charge in [0.15, 0.2) is 5.96 Å². The van der Waals surface area contributed by atoms with E-state index in [9.17, 15) is 9.59 Å². The molecule has 0 spiro atoms. The number of hydrogen-bond donors (Lipinski definition) is 2. The largest absolute Gasteiger partial charge is 0.378 e. The van der Waals surface area contributed by atoms with Gasteiger partial charge in [-0.1, -0.05) is 12.1 Å². The van der Waals surface area contributed by atoms with Gasteiger partial charge in [0.2, 0.25) is 5.91 Å². The number of carbonyl (C=O) groups excluding carboxylic acids is 2. The minimum Gasteiger partial charge on any atom is -0.378 e. The first-order valence-electron chi connectivity index (χ1n) is 11.3. The Hall–Kier alpha value is -1.88. The second-order valence-corrected chi connectivity index (χ2v) is 7.96. The van der Waals surface area contributed by atoms with Crippen molar-refractivity contribution < 1.29 is 14.3 Å². The van der Waals surface area contributed by atoms with Crippen LogP contribution >= 0.6 is 24.0 Å². The number of guanidine groups is 1. The zero-order valence-electron chi connectivity index (χ0n) is 19.1. The van der Waals surface area contributed by atoms with Crippen LogP contribution in [0.4, 0.5) is 0 Å². The number of carbonyl (C=O) groups is 2. The van der Waals surface area contributed by atoms with E-state index in [-0.39, 0.29) is 41.7 Å². The summed E-state index contributed by atoms with van der Waals surface area (Å²) in [6.45, 7) is 7.90. The highest BCUT2D eigenvalue weighted by Gasteiger charge is 2.30. The van der Waals surface area contributed by atoms with E-state index in [0.717, 1.165) is 50.4 Å². The van der Waals surface area contributed by atoms with Gasteiger partial charge in [-0.05, 0) is 43.9 Å². The van der Waals surface area contributed by atoms with Crippen LogP contribution in [0.25, 0.3) is 0 Å². The molecule has 0 radical (unpaired) electrons. The van der Waals surface area contributed by atoms with E-state index in [1.807, 2.05) is 29.2 Å². The van der Waals surface area contributed by atoms with E-state index >= 15 is 0 Å². The zero-order valence-corrected chi connectivity index (χ0v) is 21.5. The van der Waals surface area contributed by atoms with Crippen molar-refractivity contribution in [1.82, 2.24) is 20.4 Å². The molecule has 0 atom stereocenters. The number of amides is 2. The van der Waals surface area contributed by atoms with Crippen LogP contribution in [0, 0.1) is 5.92 Å². The topological polar surface area (TPSA) is 86.3 Å². The number of likely N-dealkylation sites (tertiary alicyclic amines) is 1. The molecule has 0 unspecified atom stereocenters. The van der Waals surface area contributed by atoms with Crippen LogP contribution in [0.1, 0.15) is 35.7 Å². The lowest BCUT2D eigenvalue weighted by Crippen LogP contribution is -2.50. The molecule has 2 fully saturated rings. The third kappa shape index (κ3) is 7.33. The van der Waals surface area contributed by atoms with Gasteiger partial charge >= 0.3 is 0 Å². The first-order valence-corrected chi connectivity index (χ1v) is 11.3. The zero-order chi connectivity index (χ0) is 22.1. The molecule has 2 saturated heterocycles. The van der Waals surface area contributed by atoms with Crippen LogP contribution in [0.2, 0.25) is 0 Å². The van der Waals surface area contributed by atoms with Crippen LogP contribution < -0.4 is 10.6 Å². The fourth-order valence-electron chi connectivity index (χ4n) is 4.11. The summed E-state index contributed by atoms with van der Waals surface area (Å²) in [7, 11) is 1.64. The predicted octanol–water partition coefficient (Wildman–Crippen LogP) is 1.74. The first-order chi connectivity index (χ1) is 15.1. The SMILES string of the molecule is CCNC(=NCCc1cccc(C(=O)NC)c1)N1CCC(C(=O)N2CCOCC2)CC1.I. The molecule has 3 rings (SSSR count). The lowest BCUT2D eigenvalue weighted by Gasteiger charge is -2.36. The van der Waals surface area contributed by atoms with Crippen molar-refractivity contribution in [2.45, 2.75) is 26.2 Å². The summed E-state index contributed by atoms with van der Waals surface area (Å²) in [5.74, 6) is 1.21. The molecule has 1 aromatic carbocycles. The number of rotatable bonds is 6. The maximum Gasteiger partial charge on any atom is 0.251 e. The van der Waals surface area contributed by atoms with Crippen LogP contribution in [0.3, 0.4) is 0 Å². The molecule has 2 aliphatic heterocycles. The van der Waals surface area contributed by atoms with Gasteiger partial charge in [0.1, 0.15) is 0 Å². The molecular weight excluding hydrogens is 521 g/mol. The lowest BCUT2D eigenvalue weighted by atomic mass is 9.95. The third-order valence-corrected chi connectivity index (χ3v) is 5.88. The normalized spacial score (nSPS) is 17.5. The smallest absolute Gasteiger partial charge is 0.251 e. The number of ether oxygens (including phenoxy) is 1. The second kappa shape index (κ2) is 13.6. The van der Waals surface area contributed by atoms with Crippen molar-refractivity contribution >= 4 is 41.8 Å². The highest BCUT2D eigenvalue weighted by atomic mass is 127. The number of morpholine rings is 1. The molecule has 178 valence electrons. The van der Waals surface area contributed by atoms with E-state index in [2.05, 4.69) is 22.5 Å². The Morgan fingerprint density at radius 2 is 1.84 bits per heavy atom. The van der Waals surface area contributed by atoms with Crippen molar-refractivity contribution in [3.63, 3.8) is 0 Å². The molecule has 2 N–H and O–H groups in total. The molecule has 2 aliphatic rings. The van der Waals surface area contributed by atoms with Crippen molar-refractivity contribution in [3.8, 4) is 0 Å². The number of piperidine rings is 1. The van der Waals surface area contributed by atoms with Gasteiger partial charge in [-0.3, -0.25) is 14.6 Å². The Labute approximate surface area is 208 Å². The highest BCUT2D eigenvalue weighted by Crippen LogP contribution is 2.20. The number of benzene rings is 1.